The van der Waals surface area contributed by atoms with Crippen LogP contribution in [-0.2, 0) is 15.7 Å². The van der Waals surface area contributed by atoms with Crippen LogP contribution in [0.15, 0.2) is 29.4 Å². The Bertz CT molecular complexity index is 673. The highest BCUT2D eigenvalue weighted by Crippen LogP contribution is 2.39. The Labute approximate surface area is 180 Å². The minimum Gasteiger partial charge on any atom is -0.393 e. The van der Waals surface area contributed by atoms with E-state index in [-0.39, 0.29) is 16.2 Å². The van der Waals surface area contributed by atoms with Crippen LogP contribution in [0, 0.1) is 11.3 Å². The molecule has 0 unspecified atom stereocenters. The van der Waals surface area contributed by atoms with Crippen molar-refractivity contribution in [2.75, 3.05) is 0 Å². The first-order valence-electron chi connectivity index (χ1n) is 11.7. The van der Waals surface area contributed by atoms with E-state index in [1.165, 1.54) is 30.4 Å². The maximum atomic E-state index is 5.84. The molecule has 0 bridgehead atoms. The van der Waals surface area contributed by atoms with E-state index < -0.39 is 0 Å². The maximum Gasteiger partial charge on any atom is 0.127 e. The molecule has 0 spiro atoms. The van der Waals surface area contributed by atoms with Crippen LogP contribution in [0.5, 0.6) is 0 Å². The third kappa shape index (κ3) is 6.59. The van der Waals surface area contributed by atoms with E-state index in [0.29, 0.717) is 12.0 Å². The number of rotatable bonds is 9. The van der Waals surface area contributed by atoms with Crippen LogP contribution >= 0.6 is 0 Å². The lowest BCUT2D eigenvalue weighted by atomic mass is 9.69. The zero-order valence-corrected chi connectivity index (χ0v) is 20.6. The largest absolute Gasteiger partial charge is 0.393 e. The molecule has 1 aromatic carbocycles. The number of hydrogen-bond acceptors (Lipinski definition) is 2. The van der Waals surface area contributed by atoms with Crippen LogP contribution in [0.2, 0.25) is 0 Å². The Morgan fingerprint density at radius 3 is 1.90 bits per heavy atom. The molecule has 29 heavy (non-hydrogen) atoms. The van der Waals surface area contributed by atoms with Gasteiger partial charge in [-0.05, 0) is 73.3 Å². The third-order valence-corrected chi connectivity index (χ3v) is 6.87. The number of oxime groups is 1. The van der Waals surface area contributed by atoms with Gasteiger partial charge in [0.2, 0.25) is 0 Å². The summed E-state index contributed by atoms with van der Waals surface area (Å²) >= 11 is 0. The molecule has 0 heterocycles. The fourth-order valence-electron chi connectivity index (χ4n) is 5.12. The van der Waals surface area contributed by atoms with Crippen molar-refractivity contribution in [3.63, 3.8) is 0 Å². The van der Waals surface area contributed by atoms with Gasteiger partial charge in [-0.15, -0.1) is 0 Å². The highest BCUT2D eigenvalue weighted by molar-refractivity contribution is 5.87. The van der Waals surface area contributed by atoms with Gasteiger partial charge in [-0.2, -0.15) is 0 Å². The lowest BCUT2D eigenvalue weighted by molar-refractivity contribution is 0.0617. The summed E-state index contributed by atoms with van der Waals surface area (Å²) in [5, 5.41) is 4.55. The molecule has 1 saturated carbocycles. The van der Waals surface area contributed by atoms with Crippen molar-refractivity contribution in [1.29, 1.82) is 0 Å². The Balaban J connectivity index is 2.09. The van der Waals surface area contributed by atoms with Gasteiger partial charge in [0.25, 0.3) is 0 Å². The van der Waals surface area contributed by atoms with Crippen LogP contribution < -0.4 is 0 Å². The Morgan fingerprint density at radius 1 is 0.931 bits per heavy atom. The normalized spacial score (nSPS) is 17.2. The lowest BCUT2D eigenvalue weighted by Crippen LogP contribution is -2.32. The number of benzene rings is 1. The molecule has 1 aliphatic rings. The van der Waals surface area contributed by atoms with E-state index in [9.17, 15) is 0 Å². The van der Waals surface area contributed by atoms with Crippen molar-refractivity contribution in [2.45, 2.75) is 118 Å². The second-order valence-corrected chi connectivity index (χ2v) is 11.7. The van der Waals surface area contributed by atoms with E-state index in [1.54, 1.807) is 0 Å². The van der Waals surface area contributed by atoms with E-state index in [1.807, 2.05) is 0 Å². The van der Waals surface area contributed by atoms with Crippen LogP contribution in [0.4, 0.5) is 0 Å². The van der Waals surface area contributed by atoms with Gasteiger partial charge in [0.05, 0.1) is 5.71 Å². The SMILES string of the molecule is CC(=NOC1CCCC1)C(C)(C)CC(C)(C)c1ccc(C(C)(C)CC(C)C)cc1. The average Bonchev–Trinajstić information content (AvgIpc) is 3.11. The predicted octanol–water partition coefficient (Wildman–Crippen LogP) is 8.04. The van der Waals surface area contributed by atoms with Crippen molar-refractivity contribution in [2.24, 2.45) is 16.5 Å². The predicted molar refractivity (Wildman–Crippen MR) is 127 cm³/mol. The molecule has 0 aromatic heterocycles. The molecule has 1 aromatic rings. The summed E-state index contributed by atoms with van der Waals surface area (Å²) in [5.74, 6) is 0.704. The summed E-state index contributed by atoms with van der Waals surface area (Å²) in [7, 11) is 0. The van der Waals surface area contributed by atoms with Crippen molar-refractivity contribution >= 4 is 5.71 Å². The summed E-state index contributed by atoms with van der Waals surface area (Å²) in [4.78, 5) is 5.84. The van der Waals surface area contributed by atoms with Gasteiger partial charge in [-0.1, -0.05) is 84.8 Å². The summed E-state index contributed by atoms with van der Waals surface area (Å²) in [5.41, 5.74) is 4.24. The lowest BCUT2D eigenvalue weighted by Gasteiger charge is -2.36. The average molecular weight is 400 g/mol. The molecule has 0 saturated heterocycles. The number of nitrogens with zero attached hydrogens (tertiary/aromatic N) is 1. The van der Waals surface area contributed by atoms with Crippen molar-refractivity contribution in [3.8, 4) is 0 Å². The first-order chi connectivity index (χ1) is 13.3. The third-order valence-electron chi connectivity index (χ3n) is 6.87. The monoisotopic (exact) mass is 399 g/mol. The highest BCUT2D eigenvalue weighted by atomic mass is 16.6. The van der Waals surface area contributed by atoms with Gasteiger partial charge in [0, 0.05) is 5.41 Å². The van der Waals surface area contributed by atoms with E-state index in [0.717, 1.165) is 25.0 Å². The minimum atomic E-state index is -0.00229. The summed E-state index contributed by atoms with van der Waals surface area (Å²) in [6.07, 6.45) is 7.44. The second kappa shape index (κ2) is 9.23. The summed E-state index contributed by atoms with van der Waals surface area (Å²) < 4.78 is 0. The van der Waals surface area contributed by atoms with Gasteiger partial charge in [-0.3, -0.25) is 0 Å². The van der Waals surface area contributed by atoms with Crippen molar-refractivity contribution in [1.82, 2.24) is 0 Å². The molecular formula is C27H45NO. The minimum absolute atomic E-state index is 0.00229. The molecule has 0 radical (unpaired) electrons. The summed E-state index contributed by atoms with van der Waals surface area (Å²) in [6, 6.07) is 9.37. The molecule has 0 N–H and O–H groups in total. The smallest absolute Gasteiger partial charge is 0.127 e. The zero-order valence-electron chi connectivity index (χ0n) is 20.6. The second-order valence-electron chi connectivity index (χ2n) is 11.7. The van der Waals surface area contributed by atoms with Crippen LogP contribution in [-0.4, -0.2) is 11.8 Å². The van der Waals surface area contributed by atoms with Crippen LogP contribution in [0.25, 0.3) is 0 Å². The van der Waals surface area contributed by atoms with E-state index in [4.69, 9.17) is 4.84 Å². The van der Waals surface area contributed by atoms with Crippen molar-refractivity contribution in [3.05, 3.63) is 35.4 Å². The highest BCUT2D eigenvalue weighted by Gasteiger charge is 2.33. The molecule has 2 nitrogen and oxygen atoms in total. The fraction of sp³-hybridized carbons (Fsp3) is 0.741. The topological polar surface area (TPSA) is 21.6 Å². The van der Waals surface area contributed by atoms with Gasteiger partial charge in [0.15, 0.2) is 0 Å². The Morgan fingerprint density at radius 2 is 1.41 bits per heavy atom. The van der Waals surface area contributed by atoms with Gasteiger partial charge in [0.1, 0.15) is 6.10 Å². The summed E-state index contributed by atoms with van der Waals surface area (Å²) in [6.45, 7) is 20.8. The molecule has 2 rings (SSSR count). The van der Waals surface area contributed by atoms with E-state index >= 15 is 0 Å². The Kier molecular flexibility index (Phi) is 7.63. The quantitative estimate of drug-likeness (QED) is 0.304. The molecule has 2 heteroatoms. The first-order valence-corrected chi connectivity index (χ1v) is 11.7. The molecule has 1 fully saturated rings. The molecule has 0 atom stereocenters. The van der Waals surface area contributed by atoms with Gasteiger partial charge < -0.3 is 4.84 Å². The van der Waals surface area contributed by atoms with Gasteiger partial charge in [-0.25, -0.2) is 0 Å². The zero-order chi connectivity index (χ0) is 21.9. The molecule has 0 amide bonds. The van der Waals surface area contributed by atoms with Crippen LogP contribution in [0.1, 0.15) is 112 Å². The first kappa shape index (κ1) is 24.0. The molecular weight excluding hydrogens is 354 g/mol. The maximum absolute atomic E-state index is 5.84. The van der Waals surface area contributed by atoms with E-state index in [2.05, 4.69) is 91.7 Å². The number of hydrogen-bond donors (Lipinski definition) is 0. The molecule has 0 aliphatic heterocycles. The fourth-order valence-corrected chi connectivity index (χ4v) is 5.12. The Hall–Kier alpha value is -1.31. The van der Waals surface area contributed by atoms with Crippen molar-refractivity contribution < 1.29 is 4.84 Å². The molecule has 164 valence electrons. The van der Waals surface area contributed by atoms with Gasteiger partial charge >= 0.3 is 0 Å². The standard InChI is InChI=1S/C27H45NO/c1-20(2)18-25(4,5)22-14-16-23(17-15-22)27(8,9)19-26(6,7)21(3)28-29-24-12-10-11-13-24/h14-17,20,24H,10-13,18-19H2,1-9H3. The van der Waals surface area contributed by atoms with Crippen LogP contribution in [0.3, 0.4) is 0 Å². The molecule has 1 aliphatic carbocycles.